The van der Waals surface area contributed by atoms with Crippen LogP contribution in [0.25, 0.3) is 0 Å². The number of nitrogens with one attached hydrogen (secondary N) is 1. The third kappa shape index (κ3) is 3.05. The lowest BCUT2D eigenvalue weighted by Gasteiger charge is -2.43. The Balaban J connectivity index is 1.78. The van der Waals surface area contributed by atoms with Gasteiger partial charge in [-0.05, 0) is 77.3 Å². The number of nitrogens with two attached hydrogens (primary N) is 1. The van der Waals surface area contributed by atoms with Crippen LogP contribution >= 0.6 is 0 Å². The van der Waals surface area contributed by atoms with Crippen molar-refractivity contribution >= 4 is 5.84 Å². The van der Waals surface area contributed by atoms with Crippen molar-refractivity contribution in [2.45, 2.75) is 83.0 Å². The van der Waals surface area contributed by atoms with Crippen LogP contribution in [0.4, 0.5) is 0 Å². The van der Waals surface area contributed by atoms with E-state index < -0.39 is 0 Å². The highest BCUT2D eigenvalue weighted by molar-refractivity contribution is 5.79. The molecule has 0 spiro atoms. The minimum Gasteiger partial charge on any atom is -0.387 e. The number of fused-ring (bicyclic) bond motifs is 1. The molecule has 1 saturated carbocycles. The van der Waals surface area contributed by atoms with Gasteiger partial charge in [-0.2, -0.15) is 0 Å². The van der Waals surface area contributed by atoms with Gasteiger partial charge in [-0.25, -0.2) is 0 Å². The molecule has 1 aromatic heterocycles. The molecule has 2 aromatic rings. The van der Waals surface area contributed by atoms with Crippen LogP contribution in [0.5, 0.6) is 0 Å². The van der Waals surface area contributed by atoms with Crippen molar-refractivity contribution in [1.29, 1.82) is 5.41 Å². The number of rotatable bonds is 4. The molecule has 1 heterocycles. The number of benzene rings is 1. The molecule has 28 heavy (non-hydrogen) atoms. The molecule has 3 nitrogen and oxygen atoms in total. The molecule has 0 bridgehead atoms. The largest absolute Gasteiger partial charge is 0.387 e. The van der Waals surface area contributed by atoms with Crippen LogP contribution in [0.1, 0.15) is 86.9 Å². The molecule has 2 aliphatic rings. The summed E-state index contributed by atoms with van der Waals surface area (Å²) in [5.74, 6) is 0.186. The normalized spacial score (nSPS) is 21.0. The van der Waals surface area contributed by atoms with Crippen LogP contribution in [-0.4, -0.2) is 10.8 Å². The zero-order valence-corrected chi connectivity index (χ0v) is 17.9. The van der Waals surface area contributed by atoms with Gasteiger partial charge < -0.3 is 5.73 Å². The van der Waals surface area contributed by atoms with Crippen molar-refractivity contribution in [1.82, 2.24) is 4.98 Å². The SMILES string of the molecule is Cc1cc2c(cc1C1(c3ccc(CC(=N)N)cn3)CC1)C(C)(C)CCC2(C)C. The van der Waals surface area contributed by atoms with Gasteiger partial charge in [0.2, 0.25) is 0 Å². The number of pyridine rings is 1. The first kappa shape index (κ1) is 19.2. The van der Waals surface area contributed by atoms with Crippen LogP contribution in [-0.2, 0) is 22.7 Å². The smallest absolute Gasteiger partial charge is 0.0950 e. The lowest BCUT2D eigenvalue weighted by molar-refractivity contribution is 0.331. The van der Waals surface area contributed by atoms with Gasteiger partial charge in [0.25, 0.3) is 0 Å². The first-order chi connectivity index (χ1) is 13.1. The van der Waals surface area contributed by atoms with Gasteiger partial charge in [0.15, 0.2) is 0 Å². The third-order valence-electron chi connectivity index (χ3n) is 7.17. The fraction of sp³-hybridized carbons (Fsp3) is 0.520. The van der Waals surface area contributed by atoms with Crippen LogP contribution < -0.4 is 5.73 Å². The summed E-state index contributed by atoms with van der Waals surface area (Å²) < 4.78 is 0. The van der Waals surface area contributed by atoms with E-state index in [4.69, 9.17) is 16.1 Å². The average molecular weight is 376 g/mol. The minimum absolute atomic E-state index is 0.0610. The van der Waals surface area contributed by atoms with Gasteiger partial charge in [-0.1, -0.05) is 45.9 Å². The second kappa shape index (κ2) is 6.17. The Kier molecular flexibility index (Phi) is 4.22. The van der Waals surface area contributed by atoms with E-state index in [0.717, 1.165) is 24.1 Å². The molecule has 0 aliphatic heterocycles. The number of aryl methyl sites for hydroxylation is 1. The maximum Gasteiger partial charge on any atom is 0.0950 e. The number of amidine groups is 1. The Hall–Kier alpha value is -2.16. The zero-order valence-electron chi connectivity index (χ0n) is 17.9. The van der Waals surface area contributed by atoms with Crippen LogP contribution in [0.2, 0.25) is 0 Å². The Morgan fingerprint density at radius 3 is 2.07 bits per heavy atom. The van der Waals surface area contributed by atoms with E-state index in [1.165, 1.54) is 35.1 Å². The molecule has 0 saturated heterocycles. The predicted octanol–water partition coefficient (Wildman–Crippen LogP) is 5.30. The maximum atomic E-state index is 7.49. The summed E-state index contributed by atoms with van der Waals surface area (Å²) in [6.07, 6.45) is 7.18. The molecule has 0 radical (unpaired) electrons. The maximum absolute atomic E-state index is 7.49. The molecule has 3 heteroatoms. The topological polar surface area (TPSA) is 62.8 Å². The monoisotopic (exact) mass is 375 g/mol. The van der Waals surface area contributed by atoms with Gasteiger partial charge >= 0.3 is 0 Å². The van der Waals surface area contributed by atoms with Crippen molar-refractivity contribution < 1.29 is 0 Å². The highest BCUT2D eigenvalue weighted by Crippen LogP contribution is 2.56. The molecule has 0 unspecified atom stereocenters. The van der Waals surface area contributed by atoms with Gasteiger partial charge in [-0.15, -0.1) is 0 Å². The standard InChI is InChI=1S/C25H33N3/c1-16-12-19-20(24(4,5)9-8-23(19,2)3)14-18(16)25(10-11-25)21-7-6-17(15-28-21)13-22(26)27/h6-7,12,14-15H,8-11,13H2,1-5H3,(H3,26,27). The fourth-order valence-corrected chi connectivity index (χ4v) is 5.06. The molecular weight excluding hydrogens is 342 g/mol. The van der Waals surface area contributed by atoms with E-state index in [1.807, 2.05) is 6.20 Å². The Morgan fingerprint density at radius 1 is 0.964 bits per heavy atom. The first-order valence-corrected chi connectivity index (χ1v) is 10.5. The van der Waals surface area contributed by atoms with Crippen LogP contribution in [0, 0.1) is 12.3 Å². The highest BCUT2D eigenvalue weighted by atomic mass is 14.7. The molecule has 4 rings (SSSR count). The third-order valence-corrected chi connectivity index (χ3v) is 7.17. The van der Waals surface area contributed by atoms with Gasteiger partial charge in [-0.3, -0.25) is 10.4 Å². The summed E-state index contributed by atoms with van der Waals surface area (Å²) in [5.41, 5.74) is 14.2. The van der Waals surface area contributed by atoms with Gasteiger partial charge in [0.1, 0.15) is 0 Å². The van der Waals surface area contributed by atoms with Crippen molar-refractivity contribution in [3.8, 4) is 0 Å². The second-order valence-corrected chi connectivity index (χ2v) is 10.3. The van der Waals surface area contributed by atoms with Crippen LogP contribution in [0.15, 0.2) is 30.5 Å². The molecule has 1 fully saturated rings. The molecule has 3 N–H and O–H groups in total. The Labute approximate surface area is 169 Å². The summed E-state index contributed by atoms with van der Waals surface area (Å²) in [6, 6.07) is 9.23. The Bertz CT molecular complexity index is 931. The molecule has 0 atom stereocenters. The summed E-state index contributed by atoms with van der Waals surface area (Å²) >= 11 is 0. The average Bonchev–Trinajstić information content (AvgIpc) is 3.40. The zero-order chi connectivity index (χ0) is 20.3. The summed E-state index contributed by atoms with van der Waals surface area (Å²) in [7, 11) is 0. The lowest BCUT2D eigenvalue weighted by atomic mass is 9.62. The van der Waals surface area contributed by atoms with E-state index in [0.29, 0.717) is 6.42 Å². The molecule has 148 valence electrons. The molecule has 0 amide bonds. The van der Waals surface area contributed by atoms with Crippen LogP contribution in [0.3, 0.4) is 0 Å². The van der Waals surface area contributed by atoms with E-state index in [1.54, 1.807) is 0 Å². The number of hydrogen-bond acceptors (Lipinski definition) is 2. The van der Waals surface area contributed by atoms with Crippen molar-refractivity contribution in [3.63, 3.8) is 0 Å². The summed E-state index contributed by atoms with van der Waals surface area (Å²) in [6.45, 7) is 11.9. The number of aromatic nitrogens is 1. The predicted molar refractivity (Wildman–Crippen MR) is 116 cm³/mol. The van der Waals surface area contributed by atoms with E-state index in [9.17, 15) is 0 Å². The fourth-order valence-electron chi connectivity index (χ4n) is 5.06. The van der Waals surface area contributed by atoms with Gasteiger partial charge in [0.05, 0.1) is 11.5 Å². The van der Waals surface area contributed by atoms with E-state index in [-0.39, 0.29) is 22.1 Å². The van der Waals surface area contributed by atoms with Crippen molar-refractivity contribution in [2.75, 3.05) is 0 Å². The van der Waals surface area contributed by atoms with E-state index in [2.05, 4.69) is 58.9 Å². The molecule has 1 aromatic carbocycles. The Morgan fingerprint density at radius 2 is 1.57 bits per heavy atom. The number of hydrogen-bond donors (Lipinski definition) is 2. The molecule has 2 aliphatic carbocycles. The quantitative estimate of drug-likeness (QED) is 0.563. The first-order valence-electron chi connectivity index (χ1n) is 10.5. The summed E-state index contributed by atoms with van der Waals surface area (Å²) in [4.78, 5) is 4.81. The lowest BCUT2D eigenvalue weighted by Crippen LogP contribution is -2.34. The summed E-state index contributed by atoms with van der Waals surface area (Å²) in [5, 5.41) is 7.49. The van der Waals surface area contributed by atoms with Crippen molar-refractivity contribution in [2.24, 2.45) is 5.73 Å². The second-order valence-electron chi connectivity index (χ2n) is 10.3. The van der Waals surface area contributed by atoms with Gasteiger partial charge in [0, 0.05) is 18.0 Å². The minimum atomic E-state index is 0.0610. The van der Waals surface area contributed by atoms with E-state index >= 15 is 0 Å². The molecular formula is C25H33N3. The number of nitrogens with zero attached hydrogens (tertiary/aromatic N) is 1. The van der Waals surface area contributed by atoms with Crippen molar-refractivity contribution in [3.05, 3.63) is 64.0 Å². The highest BCUT2D eigenvalue weighted by Gasteiger charge is 2.49.